The van der Waals surface area contributed by atoms with Crippen LogP contribution in [0, 0.1) is 0 Å². The first-order chi connectivity index (χ1) is 11.2. The minimum Gasteiger partial charge on any atom is -0.378 e. The van der Waals surface area contributed by atoms with Crippen molar-refractivity contribution in [1.82, 2.24) is 15.2 Å². The number of pyridine rings is 1. The van der Waals surface area contributed by atoms with Crippen LogP contribution in [-0.2, 0) is 20.9 Å². The number of anilines is 1. The molecule has 1 N–H and O–H groups in total. The number of ether oxygens (including phenoxy) is 1. The molecule has 0 aliphatic carbocycles. The predicted molar refractivity (Wildman–Crippen MR) is 88.2 cm³/mol. The zero-order valence-electron chi connectivity index (χ0n) is 12.9. The molecule has 0 unspecified atom stereocenters. The zero-order valence-corrected chi connectivity index (χ0v) is 13.7. The summed E-state index contributed by atoms with van der Waals surface area (Å²) >= 11 is 1.53. The number of amides is 2. The van der Waals surface area contributed by atoms with Gasteiger partial charge >= 0.3 is 0 Å². The molecule has 0 atom stereocenters. The Hall–Kier alpha value is -1.80. The highest BCUT2D eigenvalue weighted by molar-refractivity contribution is 8.00. The number of hydrogen-bond acceptors (Lipinski definition) is 6. The minimum absolute atomic E-state index is 0.0293. The zero-order chi connectivity index (χ0) is 16.1. The molecule has 2 aliphatic rings. The van der Waals surface area contributed by atoms with Crippen molar-refractivity contribution in [2.45, 2.75) is 6.54 Å². The molecule has 7 nitrogen and oxygen atoms in total. The summed E-state index contributed by atoms with van der Waals surface area (Å²) in [4.78, 5) is 31.5. The van der Waals surface area contributed by atoms with Crippen molar-refractivity contribution in [3.05, 3.63) is 23.9 Å². The second kappa shape index (κ2) is 7.65. The van der Waals surface area contributed by atoms with E-state index >= 15 is 0 Å². The standard InChI is InChI=1S/C15H20N4O3S/c20-14(9-19-11-23-10-15(19)21)17-8-12-1-2-13(16-7-12)18-3-5-22-6-4-18/h1-2,7H,3-6,8-11H2,(H,17,20). The highest BCUT2D eigenvalue weighted by atomic mass is 32.2. The van der Waals surface area contributed by atoms with E-state index in [9.17, 15) is 9.59 Å². The molecule has 0 aromatic carbocycles. The summed E-state index contributed by atoms with van der Waals surface area (Å²) in [5.74, 6) is 1.89. The first kappa shape index (κ1) is 16.1. The lowest BCUT2D eigenvalue weighted by atomic mass is 10.2. The van der Waals surface area contributed by atoms with E-state index in [0.717, 1.165) is 37.7 Å². The molecule has 2 amide bonds. The fraction of sp³-hybridized carbons (Fsp3) is 0.533. The summed E-state index contributed by atoms with van der Waals surface area (Å²) in [5.41, 5.74) is 0.942. The molecule has 2 fully saturated rings. The molecular weight excluding hydrogens is 316 g/mol. The van der Waals surface area contributed by atoms with Gasteiger partial charge in [-0.1, -0.05) is 6.07 Å². The lowest BCUT2D eigenvalue weighted by molar-refractivity contribution is -0.132. The van der Waals surface area contributed by atoms with Crippen LogP contribution in [0.4, 0.5) is 5.82 Å². The molecule has 8 heteroatoms. The van der Waals surface area contributed by atoms with Crippen LogP contribution in [0.3, 0.4) is 0 Å². The number of aromatic nitrogens is 1. The van der Waals surface area contributed by atoms with E-state index in [0.29, 0.717) is 18.2 Å². The number of carbonyl (C=O) groups excluding carboxylic acids is 2. The average Bonchev–Trinajstić information content (AvgIpc) is 2.99. The van der Waals surface area contributed by atoms with Gasteiger partial charge in [-0.05, 0) is 11.6 Å². The lowest BCUT2D eigenvalue weighted by Gasteiger charge is -2.27. The van der Waals surface area contributed by atoms with Crippen molar-refractivity contribution in [3.63, 3.8) is 0 Å². The van der Waals surface area contributed by atoms with Crippen LogP contribution in [0.2, 0.25) is 0 Å². The summed E-state index contributed by atoms with van der Waals surface area (Å²) < 4.78 is 5.33. The summed E-state index contributed by atoms with van der Waals surface area (Å²) in [6.45, 7) is 3.71. The molecular formula is C15H20N4O3S. The first-order valence-corrected chi connectivity index (χ1v) is 8.78. The van der Waals surface area contributed by atoms with E-state index in [-0.39, 0.29) is 18.4 Å². The number of carbonyl (C=O) groups is 2. The summed E-state index contributed by atoms with van der Waals surface area (Å²) in [5, 5.41) is 2.83. The van der Waals surface area contributed by atoms with Gasteiger partial charge in [0.25, 0.3) is 0 Å². The monoisotopic (exact) mass is 336 g/mol. The predicted octanol–water partition coefficient (Wildman–Crippen LogP) is 0.0673. The number of thioether (sulfide) groups is 1. The SMILES string of the molecule is O=C(CN1CSCC1=O)NCc1ccc(N2CCOCC2)nc1. The van der Waals surface area contributed by atoms with Gasteiger partial charge in [0.1, 0.15) is 12.4 Å². The Kier molecular flexibility index (Phi) is 5.35. The van der Waals surface area contributed by atoms with E-state index in [4.69, 9.17) is 4.74 Å². The molecule has 2 aliphatic heterocycles. The van der Waals surface area contributed by atoms with Crippen LogP contribution in [0.25, 0.3) is 0 Å². The van der Waals surface area contributed by atoms with Gasteiger partial charge in [0.05, 0.1) is 24.8 Å². The minimum atomic E-state index is -0.141. The highest BCUT2D eigenvalue weighted by Crippen LogP contribution is 2.14. The maximum atomic E-state index is 11.9. The third-order valence-electron chi connectivity index (χ3n) is 3.79. The number of morpholine rings is 1. The molecule has 0 saturated carbocycles. The van der Waals surface area contributed by atoms with E-state index in [1.807, 2.05) is 12.1 Å². The van der Waals surface area contributed by atoms with Crippen LogP contribution in [-0.4, -0.2) is 66.2 Å². The van der Waals surface area contributed by atoms with Crippen LogP contribution in [0.15, 0.2) is 18.3 Å². The van der Waals surface area contributed by atoms with Crippen LogP contribution in [0.1, 0.15) is 5.56 Å². The Balaban J connectivity index is 1.46. The van der Waals surface area contributed by atoms with Gasteiger partial charge in [-0.15, -0.1) is 11.8 Å². The number of rotatable bonds is 5. The van der Waals surface area contributed by atoms with Gasteiger partial charge in [0.2, 0.25) is 11.8 Å². The maximum absolute atomic E-state index is 11.9. The Morgan fingerprint density at radius 1 is 1.35 bits per heavy atom. The van der Waals surface area contributed by atoms with E-state index in [1.165, 1.54) is 11.8 Å². The van der Waals surface area contributed by atoms with E-state index in [1.54, 1.807) is 11.1 Å². The molecule has 124 valence electrons. The summed E-state index contributed by atoms with van der Waals surface area (Å²) in [7, 11) is 0. The lowest BCUT2D eigenvalue weighted by Crippen LogP contribution is -2.38. The van der Waals surface area contributed by atoms with Crippen molar-refractivity contribution in [3.8, 4) is 0 Å². The molecule has 0 spiro atoms. The second-order valence-corrected chi connectivity index (χ2v) is 6.43. The maximum Gasteiger partial charge on any atom is 0.239 e. The van der Waals surface area contributed by atoms with Gasteiger partial charge in [0.15, 0.2) is 0 Å². The fourth-order valence-electron chi connectivity index (χ4n) is 2.47. The fourth-order valence-corrected chi connectivity index (χ4v) is 3.38. The Morgan fingerprint density at radius 2 is 2.17 bits per heavy atom. The third-order valence-corrected chi connectivity index (χ3v) is 4.74. The molecule has 1 aromatic rings. The number of hydrogen-bond donors (Lipinski definition) is 1. The van der Waals surface area contributed by atoms with Crippen molar-refractivity contribution in [1.29, 1.82) is 0 Å². The molecule has 3 heterocycles. The van der Waals surface area contributed by atoms with Gasteiger partial charge < -0.3 is 19.9 Å². The van der Waals surface area contributed by atoms with Crippen molar-refractivity contribution in [2.24, 2.45) is 0 Å². The smallest absolute Gasteiger partial charge is 0.239 e. The van der Waals surface area contributed by atoms with Gasteiger partial charge in [-0.25, -0.2) is 4.98 Å². The molecule has 0 bridgehead atoms. The number of nitrogens with one attached hydrogen (secondary N) is 1. The quantitative estimate of drug-likeness (QED) is 0.820. The Labute approximate surface area is 139 Å². The summed E-state index contributed by atoms with van der Waals surface area (Å²) in [6, 6.07) is 3.93. The molecule has 1 aromatic heterocycles. The van der Waals surface area contributed by atoms with Crippen LogP contribution >= 0.6 is 11.8 Å². The third kappa shape index (κ3) is 4.35. The highest BCUT2D eigenvalue weighted by Gasteiger charge is 2.22. The molecule has 23 heavy (non-hydrogen) atoms. The van der Waals surface area contributed by atoms with Gasteiger partial charge in [-0.2, -0.15) is 0 Å². The summed E-state index contributed by atoms with van der Waals surface area (Å²) in [6.07, 6.45) is 1.78. The van der Waals surface area contributed by atoms with Gasteiger partial charge in [0, 0.05) is 25.8 Å². The Bertz CT molecular complexity index is 560. The van der Waals surface area contributed by atoms with E-state index in [2.05, 4.69) is 15.2 Å². The van der Waals surface area contributed by atoms with Crippen molar-refractivity contribution >= 4 is 29.4 Å². The Morgan fingerprint density at radius 3 is 2.83 bits per heavy atom. The largest absolute Gasteiger partial charge is 0.378 e. The van der Waals surface area contributed by atoms with Crippen LogP contribution in [0.5, 0.6) is 0 Å². The second-order valence-electron chi connectivity index (χ2n) is 5.47. The normalized spacial score (nSPS) is 18.3. The van der Waals surface area contributed by atoms with Crippen molar-refractivity contribution in [2.75, 3.05) is 49.4 Å². The van der Waals surface area contributed by atoms with Crippen molar-refractivity contribution < 1.29 is 14.3 Å². The molecule has 0 radical (unpaired) electrons. The van der Waals surface area contributed by atoms with Crippen LogP contribution < -0.4 is 10.2 Å². The first-order valence-electron chi connectivity index (χ1n) is 7.62. The molecule has 3 rings (SSSR count). The molecule has 2 saturated heterocycles. The average molecular weight is 336 g/mol. The number of nitrogens with zero attached hydrogens (tertiary/aromatic N) is 3. The van der Waals surface area contributed by atoms with E-state index < -0.39 is 0 Å². The topological polar surface area (TPSA) is 74.8 Å². The van der Waals surface area contributed by atoms with Gasteiger partial charge in [-0.3, -0.25) is 9.59 Å².